The van der Waals surface area contributed by atoms with Gasteiger partial charge in [-0.25, -0.2) is 4.39 Å². The zero-order chi connectivity index (χ0) is 9.68. The van der Waals surface area contributed by atoms with E-state index in [1.807, 2.05) is 19.1 Å². The van der Waals surface area contributed by atoms with Crippen molar-refractivity contribution in [1.29, 1.82) is 0 Å². The van der Waals surface area contributed by atoms with Crippen molar-refractivity contribution in [2.75, 3.05) is 11.9 Å². The van der Waals surface area contributed by atoms with Crippen molar-refractivity contribution >= 4 is 21.6 Å². The molecular formula is C10H11BrFN. The molecule has 3 heteroatoms. The van der Waals surface area contributed by atoms with Gasteiger partial charge in [-0.05, 0) is 35.0 Å². The zero-order valence-electron chi connectivity index (χ0n) is 7.35. The Morgan fingerprint density at radius 3 is 2.92 bits per heavy atom. The van der Waals surface area contributed by atoms with Crippen molar-refractivity contribution < 1.29 is 4.39 Å². The first-order chi connectivity index (χ1) is 6.25. The lowest BCUT2D eigenvalue weighted by molar-refractivity contribution is 0.630. The Bertz CT molecular complexity index is 290. The van der Waals surface area contributed by atoms with Gasteiger partial charge in [-0.1, -0.05) is 18.2 Å². The van der Waals surface area contributed by atoms with Crippen LogP contribution in [0.4, 0.5) is 10.1 Å². The molecule has 0 saturated heterocycles. The number of hydrogen-bond donors (Lipinski definition) is 1. The fraction of sp³-hybridized carbons (Fsp3) is 0.200. The summed E-state index contributed by atoms with van der Waals surface area (Å²) in [6.45, 7) is 2.56. The van der Waals surface area contributed by atoms with Crippen molar-refractivity contribution in [2.45, 2.75) is 6.92 Å². The molecule has 0 saturated carbocycles. The monoisotopic (exact) mass is 243 g/mol. The van der Waals surface area contributed by atoms with E-state index in [2.05, 4.69) is 21.2 Å². The standard InChI is InChI=1S/C10H11BrFN/c1-2-3-7-13-10-8(11)5-4-6-9(10)12/h2-6,13H,7H2,1H3/b3-2+. The molecule has 0 aliphatic heterocycles. The van der Waals surface area contributed by atoms with Crippen LogP contribution in [0.15, 0.2) is 34.8 Å². The Balaban J connectivity index is 2.75. The average molecular weight is 244 g/mol. The second-order valence-electron chi connectivity index (χ2n) is 2.55. The van der Waals surface area contributed by atoms with Crippen molar-refractivity contribution in [3.8, 4) is 0 Å². The van der Waals surface area contributed by atoms with E-state index in [0.717, 1.165) is 4.47 Å². The van der Waals surface area contributed by atoms with Crippen molar-refractivity contribution in [1.82, 2.24) is 0 Å². The zero-order valence-corrected chi connectivity index (χ0v) is 8.94. The Labute approximate surface area is 85.8 Å². The smallest absolute Gasteiger partial charge is 0.147 e. The molecule has 1 aromatic carbocycles. The highest BCUT2D eigenvalue weighted by atomic mass is 79.9. The van der Waals surface area contributed by atoms with Gasteiger partial charge in [-0.2, -0.15) is 0 Å². The van der Waals surface area contributed by atoms with Crippen molar-refractivity contribution in [3.63, 3.8) is 0 Å². The molecule has 70 valence electrons. The largest absolute Gasteiger partial charge is 0.378 e. The molecule has 0 aliphatic rings. The van der Waals surface area contributed by atoms with Gasteiger partial charge in [0.05, 0.1) is 5.69 Å². The number of anilines is 1. The maximum absolute atomic E-state index is 13.2. The predicted molar refractivity (Wildman–Crippen MR) is 57.4 cm³/mol. The summed E-state index contributed by atoms with van der Waals surface area (Å²) >= 11 is 3.27. The molecule has 0 amide bonds. The molecule has 0 bridgehead atoms. The van der Waals surface area contributed by atoms with Crippen LogP contribution in [-0.4, -0.2) is 6.54 Å². The summed E-state index contributed by atoms with van der Waals surface area (Å²) in [7, 11) is 0. The Morgan fingerprint density at radius 1 is 1.54 bits per heavy atom. The summed E-state index contributed by atoms with van der Waals surface area (Å²) in [5, 5.41) is 2.97. The first kappa shape index (κ1) is 10.3. The first-order valence-electron chi connectivity index (χ1n) is 4.04. The number of rotatable bonds is 3. The van der Waals surface area contributed by atoms with Crippen molar-refractivity contribution in [3.05, 3.63) is 40.6 Å². The van der Waals surface area contributed by atoms with Crippen LogP contribution in [-0.2, 0) is 0 Å². The number of para-hydroxylation sites is 1. The lowest BCUT2D eigenvalue weighted by atomic mass is 10.3. The Kier molecular flexibility index (Phi) is 3.96. The third-order valence-corrected chi connectivity index (χ3v) is 2.26. The third kappa shape index (κ3) is 2.84. The van der Waals surface area contributed by atoms with Crippen LogP contribution in [0.1, 0.15) is 6.92 Å². The molecule has 0 atom stereocenters. The number of nitrogens with one attached hydrogen (secondary N) is 1. The summed E-state index contributed by atoms with van der Waals surface area (Å²) in [6, 6.07) is 4.91. The molecule has 13 heavy (non-hydrogen) atoms. The van der Waals surface area contributed by atoms with Gasteiger partial charge in [0.25, 0.3) is 0 Å². The molecule has 1 N–H and O–H groups in total. The topological polar surface area (TPSA) is 12.0 Å². The molecule has 1 aromatic rings. The van der Waals surface area contributed by atoms with E-state index >= 15 is 0 Å². The first-order valence-corrected chi connectivity index (χ1v) is 4.84. The van der Waals surface area contributed by atoms with Crippen LogP contribution in [0, 0.1) is 5.82 Å². The van der Waals surface area contributed by atoms with E-state index in [4.69, 9.17) is 0 Å². The van der Waals surface area contributed by atoms with Gasteiger partial charge < -0.3 is 5.32 Å². The van der Waals surface area contributed by atoms with E-state index in [9.17, 15) is 4.39 Å². The highest BCUT2D eigenvalue weighted by Crippen LogP contribution is 2.24. The normalized spacial score (nSPS) is 10.7. The quantitative estimate of drug-likeness (QED) is 0.801. The highest BCUT2D eigenvalue weighted by molar-refractivity contribution is 9.10. The summed E-state index contributed by atoms with van der Waals surface area (Å²) in [6.07, 6.45) is 3.85. The number of halogens is 2. The van der Waals surface area contributed by atoms with Crippen LogP contribution in [0.2, 0.25) is 0 Å². The third-order valence-electron chi connectivity index (χ3n) is 1.60. The molecule has 0 radical (unpaired) electrons. The number of benzene rings is 1. The molecule has 0 fully saturated rings. The SMILES string of the molecule is C/C=C/CNc1c(F)cccc1Br. The molecular weight excluding hydrogens is 233 g/mol. The lowest BCUT2D eigenvalue weighted by Crippen LogP contribution is -2.01. The average Bonchev–Trinajstić information content (AvgIpc) is 2.10. The van der Waals surface area contributed by atoms with Crippen LogP contribution < -0.4 is 5.32 Å². The van der Waals surface area contributed by atoms with E-state index in [-0.39, 0.29) is 5.82 Å². The van der Waals surface area contributed by atoms with Gasteiger partial charge in [-0.3, -0.25) is 0 Å². The molecule has 0 heterocycles. The van der Waals surface area contributed by atoms with E-state index in [1.165, 1.54) is 6.07 Å². The van der Waals surface area contributed by atoms with Crippen LogP contribution in [0.3, 0.4) is 0 Å². The lowest BCUT2D eigenvalue weighted by Gasteiger charge is -2.06. The van der Waals surface area contributed by atoms with Gasteiger partial charge in [0.15, 0.2) is 0 Å². The van der Waals surface area contributed by atoms with E-state index in [1.54, 1.807) is 12.1 Å². The number of hydrogen-bond acceptors (Lipinski definition) is 1. The van der Waals surface area contributed by atoms with Gasteiger partial charge in [0, 0.05) is 11.0 Å². The fourth-order valence-electron chi connectivity index (χ4n) is 0.946. The molecule has 1 rings (SSSR count). The molecule has 0 aliphatic carbocycles. The predicted octanol–water partition coefficient (Wildman–Crippen LogP) is 3.58. The second kappa shape index (κ2) is 5.02. The summed E-state index contributed by atoms with van der Waals surface area (Å²) < 4.78 is 13.9. The van der Waals surface area contributed by atoms with Gasteiger partial charge in [0.1, 0.15) is 5.82 Å². The molecule has 0 unspecified atom stereocenters. The second-order valence-corrected chi connectivity index (χ2v) is 3.40. The molecule has 0 aromatic heterocycles. The number of allylic oxidation sites excluding steroid dienone is 1. The maximum Gasteiger partial charge on any atom is 0.147 e. The summed E-state index contributed by atoms with van der Waals surface area (Å²) in [5.74, 6) is -0.237. The summed E-state index contributed by atoms with van der Waals surface area (Å²) in [4.78, 5) is 0. The van der Waals surface area contributed by atoms with Crippen molar-refractivity contribution in [2.24, 2.45) is 0 Å². The summed E-state index contributed by atoms with van der Waals surface area (Å²) in [5.41, 5.74) is 0.514. The highest BCUT2D eigenvalue weighted by Gasteiger charge is 2.03. The van der Waals surface area contributed by atoms with Crippen LogP contribution >= 0.6 is 15.9 Å². The van der Waals surface area contributed by atoms with Gasteiger partial charge >= 0.3 is 0 Å². The van der Waals surface area contributed by atoms with Gasteiger partial charge in [-0.15, -0.1) is 0 Å². The minimum Gasteiger partial charge on any atom is -0.378 e. The van der Waals surface area contributed by atoms with Crippen LogP contribution in [0.5, 0.6) is 0 Å². The van der Waals surface area contributed by atoms with Crippen LogP contribution in [0.25, 0.3) is 0 Å². The molecule has 1 nitrogen and oxygen atoms in total. The minimum atomic E-state index is -0.237. The Morgan fingerprint density at radius 2 is 2.31 bits per heavy atom. The Hall–Kier alpha value is -0.830. The van der Waals surface area contributed by atoms with E-state index in [0.29, 0.717) is 12.2 Å². The van der Waals surface area contributed by atoms with Gasteiger partial charge in [0.2, 0.25) is 0 Å². The fourth-order valence-corrected chi connectivity index (χ4v) is 1.43. The minimum absolute atomic E-state index is 0.237. The molecule has 0 spiro atoms. The van der Waals surface area contributed by atoms with E-state index < -0.39 is 0 Å². The maximum atomic E-state index is 13.2.